The summed E-state index contributed by atoms with van der Waals surface area (Å²) in [5, 5.41) is 23.7. The number of nitriles is 2. The molecule has 2 aliphatic heterocycles. The van der Waals surface area contributed by atoms with E-state index in [2.05, 4.69) is 29.2 Å². The number of anilines is 1. The second-order valence-electron chi connectivity index (χ2n) is 8.99. The van der Waals surface area contributed by atoms with Crippen molar-refractivity contribution in [3.05, 3.63) is 119 Å². The van der Waals surface area contributed by atoms with Crippen molar-refractivity contribution >= 4 is 34.1 Å². The van der Waals surface area contributed by atoms with Gasteiger partial charge in [0.05, 0.1) is 24.2 Å². The van der Waals surface area contributed by atoms with E-state index in [9.17, 15) is 10.5 Å². The van der Waals surface area contributed by atoms with Gasteiger partial charge in [0, 0.05) is 27.8 Å². The third kappa shape index (κ3) is 2.94. The Morgan fingerprint density at radius 2 is 1.51 bits per heavy atom. The predicted octanol–water partition coefficient (Wildman–Crippen LogP) is 7.41. The van der Waals surface area contributed by atoms with E-state index in [1.54, 1.807) is 24.3 Å². The van der Waals surface area contributed by atoms with E-state index in [1.807, 2.05) is 54.6 Å². The second-order valence-corrected chi connectivity index (χ2v) is 9.40. The quantitative estimate of drug-likeness (QED) is 0.303. The number of rotatable bonds is 2. The molecule has 1 saturated heterocycles. The van der Waals surface area contributed by atoms with Crippen LogP contribution >= 0.6 is 11.6 Å². The fourth-order valence-corrected chi connectivity index (χ4v) is 6.14. The molecule has 0 radical (unpaired) electrons. The average Bonchev–Trinajstić information content (AvgIpc) is 3.19. The largest absolute Gasteiger partial charge is 0.354 e. The lowest BCUT2D eigenvalue weighted by molar-refractivity contribution is 0.438. The van der Waals surface area contributed by atoms with Gasteiger partial charge in [-0.15, -0.1) is 0 Å². The average molecular weight is 476 g/mol. The van der Waals surface area contributed by atoms with Crippen LogP contribution in [-0.2, 0) is 0 Å². The van der Waals surface area contributed by atoms with E-state index in [4.69, 9.17) is 11.6 Å². The lowest BCUT2D eigenvalue weighted by atomic mass is 9.69. The second kappa shape index (κ2) is 7.98. The molecular formula is C30H19ClFN3. The van der Waals surface area contributed by atoms with Gasteiger partial charge in [-0.3, -0.25) is 0 Å². The summed E-state index contributed by atoms with van der Waals surface area (Å²) in [5.74, 6) is -1.06. The standard InChI is InChI=1S/C30H19ClFN3/c31-24-11-5-3-9-22(24)28-29(23-10-4-6-12-25(23)32)35-26-15-13-19-7-1-2-8-20(19)21(26)14-16-27(35)30(28,17-33)18-34/h1-16,27-29H/t27-,28+,29+/m0/s1. The van der Waals surface area contributed by atoms with Gasteiger partial charge in [0.2, 0.25) is 0 Å². The van der Waals surface area contributed by atoms with Crippen molar-refractivity contribution in [1.29, 1.82) is 10.5 Å². The van der Waals surface area contributed by atoms with Crippen molar-refractivity contribution in [2.45, 2.75) is 18.0 Å². The molecule has 3 nitrogen and oxygen atoms in total. The number of halogens is 2. The Kier molecular flexibility index (Phi) is 4.88. The number of hydrogen-bond donors (Lipinski definition) is 0. The summed E-state index contributed by atoms with van der Waals surface area (Å²) in [6, 6.07) is 29.5. The first-order chi connectivity index (χ1) is 17.1. The smallest absolute Gasteiger partial charge is 0.176 e. The molecule has 35 heavy (non-hydrogen) atoms. The van der Waals surface area contributed by atoms with Gasteiger partial charge in [-0.25, -0.2) is 4.39 Å². The highest BCUT2D eigenvalue weighted by molar-refractivity contribution is 6.31. The van der Waals surface area contributed by atoms with E-state index in [0.29, 0.717) is 16.1 Å². The Morgan fingerprint density at radius 1 is 0.829 bits per heavy atom. The molecule has 5 heteroatoms. The van der Waals surface area contributed by atoms with E-state index < -0.39 is 23.4 Å². The monoisotopic (exact) mass is 475 g/mol. The molecule has 3 atom stereocenters. The van der Waals surface area contributed by atoms with Crippen LogP contribution in [0.1, 0.15) is 28.7 Å². The first-order valence-electron chi connectivity index (χ1n) is 11.4. The first-order valence-corrected chi connectivity index (χ1v) is 11.8. The van der Waals surface area contributed by atoms with Gasteiger partial charge >= 0.3 is 0 Å². The Bertz CT molecular complexity index is 1580. The minimum atomic E-state index is -1.49. The molecule has 0 spiro atoms. The van der Waals surface area contributed by atoms with Crippen LogP contribution in [0, 0.1) is 33.9 Å². The molecule has 0 amide bonds. The highest BCUT2D eigenvalue weighted by Gasteiger charge is 2.62. The van der Waals surface area contributed by atoms with Crippen molar-refractivity contribution in [3.63, 3.8) is 0 Å². The summed E-state index contributed by atoms with van der Waals surface area (Å²) in [7, 11) is 0. The normalized spacial score (nSPS) is 21.7. The fraction of sp³-hybridized carbons (Fsp3) is 0.133. The maximum absolute atomic E-state index is 15.4. The minimum absolute atomic E-state index is 0.378. The zero-order valence-electron chi connectivity index (χ0n) is 18.6. The van der Waals surface area contributed by atoms with Crippen molar-refractivity contribution in [2.24, 2.45) is 5.41 Å². The molecule has 4 aromatic rings. The van der Waals surface area contributed by atoms with Gasteiger partial charge in [0.25, 0.3) is 0 Å². The maximum Gasteiger partial charge on any atom is 0.176 e. The Balaban J connectivity index is 1.70. The molecule has 0 unspecified atom stereocenters. The molecular weight excluding hydrogens is 457 g/mol. The van der Waals surface area contributed by atoms with Crippen molar-refractivity contribution in [2.75, 3.05) is 4.90 Å². The van der Waals surface area contributed by atoms with E-state index in [0.717, 1.165) is 22.0 Å². The van der Waals surface area contributed by atoms with Crippen LogP contribution in [0.4, 0.5) is 10.1 Å². The first kappa shape index (κ1) is 21.4. The molecule has 0 N–H and O–H groups in total. The summed E-state index contributed by atoms with van der Waals surface area (Å²) in [6.07, 6.45) is 3.92. The zero-order chi connectivity index (χ0) is 24.2. The Labute approximate surface area is 207 Å². The van der Waals surface area contributed by atoms with Crippen LogP contribution in [0.5, 0.6) is 0 Å². The van der Waals surface area contributed by atoms with Crippen LogP contribution in [0.25, 0.3) is 16.8 Å². The lowest BCUT2D eigenvalue weighted by Gasteiger charge is -2.37. The summed E-state index contributed by atoms with van der Waals surface area (Å²) in [5.41, 5.74) is 1.47. The Morgan fingerprint density at radius 3 is 2.26 bits per heavy atom. The Hall–Kier alpha value is -4.12. The summed E-state index contributed by atoms with van der Waals surface area (Å²) < 4.78 is 15.4. The number of benzene rings is 4. The highest BCUT2D eigenvalue weighted by atomic mass is 35.5. The fourth-order valence-electron chi connectivity index (χ4n) is 5.89. The summed E-state index contributed by atoms with van der Waals surface area (Å²) >= 11 is 6.66. The molecule has 0 bridgehead atoms. The summed E-state index contributed by atoms with van der Waals surface area (Å²) in [6.45, 7) is 0. The van der Waals surface area contributed by atoms with Crippen LogP contribution in [-0.4, -0.2) is 6.04 Å². The van der Waals surface area contributed by atoms with Crippen molar-refractivity contribution in [3.8, 4) is 12.1 Å². The molecule has 4 aromatic carbocycles. The zero-order valence-corrected chi connectivity index (χ0v) is 19.3. The van der Waals surface area contributed by atoms with Crippen LogP contribution in [0.2, 0.25) is 5.02 Å². The molecule has 0 saturated carbocycles. The topological polar surface area (TPSA) is 50.8 Å². The van der Waals surface area contributed by atoms with E-state index in [-0.39, 0.29) is 5.82 Å². The van der Waals surface area contributed by atoms with E-state index >= 15 is 4.39 Å². The minimum Gasteiger partial charge on any atom is -0.354 e. The van der Waals surface area contributed by atoms with Gasteiger partial charge in [-0.05, 0) is 34.5 Å². The number of hydrogen-bond acceptors (Lipinski definition) is 3. The van der Waals surface area contributed by atoms with E-state index in [1.165, 1.54) is 6.07 Å². The van der Waals surface area contributed by atoms with Crippen LogP contribution < -0.4 is 4.90 Å². The molecule has 0 aromatic heterocycles. The van der Waals surface area contributed by atoms with Gasteiger partial charge < -0.3 is 4.90 Å². The third-order valence-electron chi connectivity index (χ3n) is 7.38. The van der Waals surface area contributed by atoms with Crippen LogP contribution in [0.3, 0.4) is 0 Å². The SMILES string of the molecule is N#CC1(C#N)[C@H](c2ccccc2Cl)[C@@H](c2ccccc2F)N2c3ccc4ccccc4c3C=C[C@H]21. The number of nitrogens with zero attached hydrogens (tertiary/aromatic N) is 3. The number of fused-ring (bicyclic) bond motifs is 5. The van der Waals surface area contributed by atoms with Gasteiger partial charge in [-0.1, -0.05) is 90.5 Å². The molecule has 2 heterocycles. The summed E-state index contributed by atoms with van der Waals surface area (Å²) in [4.78, 5) is 2.06. The molecule has 6 rings (SSSR count). The van der Waals surface area contributed by atoms with Crippen molar-refractivity contribution < 1.29 is 4.39 Å². The molecule has 2 aliphatic rings. The predicted molar refractivity (Wildman–Crippen MR) is 136 cm³/mol. The van der Waals surface area contributed by atoms with Crippen molar-refractivity contribution in [1.82, 2.24) is 0 Å². The van der Waals surface area contributed by atoms with Gasteiger partial charge in [0.15, 0.2) is 5.41 Å². The molecule has 168 valence electrons. The lowest BCUT2D eigenvalue weighted by Crippen LogP contribution is -2.39. The van der Waals surface area contributed by atoms with Crippen LogP contribution in [0.15, 0.2) is 91.0 Å². The third-order valence-corrected chi connectivity index (χ3v) is 7.72. The molecule has 0 aliphatic carbocycles. The van der Waals surface area contributed by atoms with Gasteiger partial charge in [0.1, 0.15) is 5.82 Å². The molecule has 1 fully saturated rings. The van der Waals surface area contributed by atoms with Gasteiger partial charge in [-0.2, -0.15) is 10.5 Å². The highest BCUT2D eigenvalue weighted by Crippen LogP contribution is 2.61. The maximum atomic E-state index is 15.4.